The Morgan fingerprint density at radius 1 is 1.21 bits per heavy atom. The highest BCUT2D eigenvalue weighted by Gasteiger charge is 2.35. The number of hydrazone groups is 1. The molecule has 1 amide bonds. The Balaban J connectivity index is 1.71. The predicted octanol–water partition coefficient (Wildman–Crippen LogP) is 4.99. The van der Waals surface area contributed by atoms with Crippen LogP contribution in [0.2, 0.25) is 5.02 Å². The topological polar surface area (TPSA) is 45.8 Å². The summed E-state index contributed by atoms with van der Waals surface area (Å²) >= 11 is 7.36. The van der Waals surface area contributed by atoms with Gasteiger partial charge in [0, 0.05) is 11.4 Å². The molecule has 1 aromatic carbocycles. The van der Waals surface area contributed by atoms with Crippen molar-refractivity contribution in [2.45, 2.75) is 12.5 Å². The normalized spacial score (nSPS) is 17.1. The summed E-state index contributed by atoms with van der Waals surface area (Å²) in [5.74, 6) is 0.614. The first-order valence-corrected chi connectivity index (χ1v) is 8.72. The lowest BCUT2D eigenvalue weighted by atomic mass is 10.0. The van der Waals surface area contributed by atoms with Crippen LogP contribution in [0.1, 0.15) is 33.5 Å². The van der Waals surface area contributed by atoms with Crippen LogP contribution in [0, 0.1) is 0 Å². The van der Waals surface area contributed by atoms with Crippen molar-refractivity contribution in [3.63, 3.8) is 0 Å². The number of benzene rings is 1. The van der Waals surface area contributed by atoms with Crippen LogP contribution >= 0.6 is 22.9 Å². The molecule has 1 atom stereocenters. The number of furan rings is 1. The number of thiophene rings is 1. The number of carbonyl (C=O) groups excluding carboxylic acids is 1. The van der Waals surface area contributed by atoms with E-state index in [1.165, 1.54) is 16.3 Å². The lowest BCUT2D eigenvalue weighted by Gasteiger charge is -2.18. The van der Waals surface area contributed by atoms with Crippen molar-refractivity contribution in [3.05, 3.63) is 81.4 Å². The average molecular weight is 357 g/mol. The summed E-state index contributed by atoms with van der Waals surface area (Å²) < 4.78 is 5.53. The molecule has 2 aromatic heterocycles. The van der Waals surface area contributed by atoms with E-state index in [1.807, 2.05) is 53.9 Å². The molecule has 0 N–H and O–H groups in total. The highest BCUT2D eigenvalue weighted by atomic mass is 35.5. The van der Waals surface area contributed by atoms with Gasteiger partial charge in [-0.1, -0.05) is 29.8 Å². The third-order valence-electron chi connectivity index (χ3n) is 3.90. The third kappa shape index (κ3) is 2.77. The molecule has 0 saturated carbocycles. The highest BCUT2D eigenvalue weighted by Crippen LogP contribution is 2.34. The maximum atomic E-state index is 12.8. The fraction of sp³-hybridized carbons (Fsp3) is 0.111. The zero-order valence-corrected chi connectivity index (χ0v) is 14.1. The molecule has 0 radical (unpaired) electrons. The van der Waals surface area contributed by atoms with Gasteiger partial charge in [0.25, 0.3) is 5.91 Å². The Labute approximate surface area is 148 Å². The number of hydrogen-bond acceptors (Lipinski definition) is 4. The molecule has 0 spiro atoms. The Morgan fingerprint density at radius 3 is 2.71 bits per heavy atom. The van der Waals surface area contributed by atoms with Gasteiger partial charge in [0.2, 0.25) is 0 Å². The predicted molar refractivity (Wildman–Crippen MR) is 94.5 cm³/mol. The Bertz CT molecular complexity index is 870. The van der Waals surface area contributed by atoms with E-state index in [1.54, 1.807) is 6.26 Å². The van der Waals surface area contributed by atoms with Gasteiger partial charge in [0.05, 0.1) is 16.9 Å². The molecule has 1 aliphatic heterocycles. The number of halogens is 1. The average Bonchev–Trinajstić information content (AvgIpc) is 3.34. The smallest absolute Gasteiger partial charge is 0.284 e. The standard InChI is InChI=1S/C18H13ClN2O2S/c19-13-7-5-12(6-8-13)14-11-15(16-3-1-9-23-16)21(20-14)18(22)17-4-2-10-24-17/h1-10,15H,11H2. The molecule has 0 saturated heterocycles. The second-order valence-electron chi connectivity index (χ2n) is 5.42. The zero-order chi connectivity index (χ0) is 16.5. The quantitative estimate of drug-likeness (QED) is 0.664. The van der Waals surface area contributed by atoms with Crippen molar-refractivity contribution in [2.24, 2.45) is 5.10 Å². The molecule has 1 unspecified atom stereocenters. The largest absolute Gasteiger partial charge is 0.467 e. The van der Waals surface area contributed by atoms with Crippen molar-refractivity contribution < 1.29 is 9.21 Å². The summed E-state index contributed by atoms with van der Waals surface area (Å²) in [5, 5.41) is 8.66. The van der Waals surface area contributed by atoms with E-state index in [0.717, 1.165) is 17.0 Å². The van der Waals surface area contributed by atoms with Crippen LogP contribution in [0.15, 0.2) is 69.7 Å². The summed E-state index contributed by atoms with van der Waals surface area (Å²) in [6.07, 6.45) is 2.22. The number of nitrogens with zero attached hydrogens (tertiary/aromatic N) is 2. The summed E-state index contributed by atoms with van der Waals surface area (Å²) in [4.78, 5) is 13.5. The molecule has 1 aliphatic rings. The first-order valence-electron chi connectivity index (χ1n) is 7.46. The van der Waals surface area contributed by atoms with Gasteiger partial charge >= 0.3 is 0 Å². The molecule has 6 heteroatoms. The molecule has 3 heterocycles. The lowest BCUT2D eigenvalue weighted by Crippen LogP contribution is -2.26. The van der Waals surface area contributed by atoms with E-state index in [4.69, 9.17) is 16.0 Å². The van der Waals surface area contributed by atoms with Crippen LogP contribution < -0.4 is 0 Å². The SMILES string of the molecule is O=C(c1cccs1)N1N=C(c2ccc(Cl)cc2)CC1c1ccco1. The molecule has 3 aromatic rings. The Morgan fingerprint density at radius 2 is 2.04 bits per heavy atom. The molecule has 0 fully saturated rings. The van der Waals surface area contributed by atoms with Gasteiger partial charge in [-0.05, 0) is 41.3 Å². The van der Waals surface area contributed by atoms with Gasteiger partial charge in [-0.2, -0.15) is 5.10 Å². The molecule has 24 heavy (non-hydrogen) atoms. The summed E-state index contributed by atoms with van der Waals surface area (Å²) in [6, 6.07) is 14.6. The highest BCUT2D eigenvalue weighted by molar-refractivity contribution is 7.12. The first kappa shape index (κ1) is 15.2. The number of rotatable bonds is 3. The summed E-state index contributed by atoms with van der Waals surface area (Å²) in [7, 11) is 0. The minimum atomic E-state index is -0.236. The second kappa shape index (κ2) is 6.26. The first-order chi connectivity index (χ1) is 11.7. The monoisotopic (exact) mass is 356 g/mol. The Kier molecular flexibility index (Phi) is 3.96. The molecule has 4 rings (SSSR count). The molecule has 4 nitrogen and oxygen atoms in total. The van der Waals surface area contributed by atoms with Crippen LogP contribution in [0.4, 0.5) is 0 Å². The maximum absolute atomic E-state index is 12.8. The molecule has 120 valence electrons. The lowest BCUT2D eigenvalue weighted by molar-refractivity contribution is 0.0698. The van der Waals surface area contributed by atoms with Gasteiger partial charge in [-0.3, -0.25) is 4.79 Å². The fourth-order valence-corrected chi connectivity index (χ4v) is 3.51. The van der Waals surface area contributed by atoms with E-state index >= 15 is 0 Å². The van der Waals surface area contributed by atoms with Crippen LogP contribution in [-0.2, 0) is 0 Å². The molecular formula is C18H13ClN2O2S. The van der Waals surface area contributed by atoms with Crippen molar-refractivity contribution in [2.75, 3.05) is 0 Å². The van der Waals surface area contributed by atoms with E-state index < -0.39 is 0 Å². The minimum Gasteiger partial charge on any atom is -0.467 e. The van der Waals surface area contributed by atoms with Gasteiger partial charge in [0.1, 0.15) is 11.8 Å². The van der Waals surface area contributed by atoms with Gasteiger partial charge in [0.15, 0.2) is 0 Å². The van der Waals surface area contributed by atoms with Crippen molar-refractivity contribution >= 4 is 34.6 Å². The molecule has 0 aliphatic carbocycles. The third-order valence-corrected chi connectivity index (χ3v) is 5.01. The molecule has 0 bridgehead atoms. The van der Waals surface area contributed by atoms with Crippen LogP contribution in [0.3, 0.4) is 0 Å². The van der Waals surface area contributed by atoms with Crippen molar-refractivity contribution in [1.82, 2.24) is 5.01 Å². The number of amides is 1. The van der Waals surface area contributed by atoms with Gasteiger partial charge < -0.3 is 4.42 Å². The Hall–Kier alpha value is -2.37. The maximum Gasteiger partial charge on any atom is 0.284 e. The van der Waals surface area contributed by atoms with Crippen molar-refractivity contribution in [1.29, 1.82) is 0 Å². The van der Waals surface area contributed by atoms with Crippen LogP contribution in [0.5, 0.6) is 0 Å². The van der Waals surface area contributed by atoms with E-state index in [0.29, 0.717) is 16.3 Å². The van der Waals surface area contributed by atoms with Crippen molar-refractivity contribution in [3.8, 4) is 0 Å². The van der Waals surface area contributed by atoms with Crippen LogP contribution in [-0.4, -0.2) is 16.6 Å². The van der Waals surface area contributed by atoms with E-state index in [9.17, 15) is 4.79 Å². The fourth-order valence-electron chi connectivity index (χ4n) is 2.73. The van der Waals surface area contributed by atoms with Gasteiger partial charge in [-0.25, -0.2) is 5.01 Å². The zero-order valence-electron chi connectivity index (χ0n) is 12.6. The summed E-state index contributed by atoms with van der Waals surface area (Å²) in [6.45, 7) is 0. The van der Waals surface area contributed by atoms with Crippen LogP contribution in [0.25, 0.3) is 0 Å². The minimum absolute atomic E-state index is 0.115. The number of hydrogen-bond donors (Lipinski definition) is 0. The van der Waals surface area contributed by atoms with E-state index in [-0.39, 0.29) is 11.9 Å². The number of carbonyl (C=O) groups is 1. The summed E-state index contributed by atoms with van der Waals surface area (Å²) in [5.41, 5.74) is 1.80. The molecular weight excluding hydrogens is 344 g/mol. The van der Waals surface area contributed by atoms with Gasteiger partial charge in [-0.15, -0.1) is 11.3 Å². The van der Waals surface area contributed by atoms with E-state index in [2.05, 4.69) is 5.10 Å². The second-order valence-corrected chi connectivity index (χ2v) is 6.80.